The lowest BCUT2D eigenvalue weighted by molar-refractivity contribution is 0.0698. The van der Waals surface area contributed by atoms with Gasteiger partial charge in [0.25, 0.3) is 0 Å². The minimum atomic E-state index is -0.977. The Labute approximate surface area is 133 Å². The third-order valence-corrected chi connectivity index (χ3v) is 3.68. The zero-order chi connectivity index (χ0) is 16.4. The van der Waals surface area contributed by atoms with Crippen molar-refractivity contribution in [3.63, 3.8) is 0 Å². The molecule has 0 radical (unpaired) electrons. The van der Waals surface area contributed by atoms with Crippen LogP contribution < -0.4 is 4.74 Å². The first kappa shape index (κ1) is 15.0. The highest BCUT2D eigenvalue weighted by Crippen LogP contribution is 2.30. The fourth-order valence-electron chi connectivity index (χ4n) is 2.63. The molecule has 0 fully saturated rings. The van der Waals surface area contributed by atoms with Gasteiger partial charge in [0, 0.05) is 23.3 Å². The molecule has 2 aromatic heterocycles. The van der Waals surface area contributed by atoms with E-state index in [1.54, 1.807) is 25.4 Å². The molecule has 0 bridgehead atoms. The van der Waals surface area contributed by atoms with E-state index >= 15 is 0 Å². The number of hydrogen-bond acceptors (Lipinski definition) is 4. The van der Waals surface area contributed by atoms with Gasteiger partial charge in [0.2, 0.25) is 0 Å². The zero-order valence-corrected chi connectivity index (χ0v) is 12.9. The number of fused-ring (bicyclic) bond motifs is 1. The maximum absolute atomic E-state index is 11.7. The molecule has 3 aromatic rings. The summed E-state index contributed by atoms with van der Waals surface area (Å²) in [6, 6.07) is 9.21. The van der Waals surface area contributed by atoms with Gasteiger partial charge in [-0.3, -0.25) is 4.98 Å². The summed E-state index contributed by atoms with van der Waals surface area (Å²) in [6.45, 7) is 4.30. The summed E-state index contributed by atoms with van der Waals surface area (Å²) in [7, 11) is 0. The smallest absolute Gasteiger partial charge is 0.336 e. The number of rotatable bonds is 4. The molecule has 0 aliphatic rings. The molecule has 1 N–H and O–H groups in total. The van der Waals surface area contributed by atoms with Gasteiger partial charge in [0.15, 0.2) is 0 Å². The van der Waals surface area contributed by atoms with Crippen molar-refractivity contribution < 1.29 is 14.6 Å². The van der Waals surface area contributed by atoms with Gasteiger partial charge in [0.05, 0.1) is 23.4 Å². The molecule has 3 rings (SSSR count). The largest absolute Gasteiger partial charge is 0.494 e. The number of aromatic carboxylic acids is 1. The van der Waals surface area contributed by atoms with Crippen molar-refractivity contribution in [3.8, 4) is 17.0 Å². The third-order valence-electron chi connectivity index (χ3n) is 3.68. The van der Waals surface area contributed by atoms with Crippen molar-refractivity contribution >= 4 is 16.9 Å². The molecule has 0 saturated carbocycles. The van der Waals surface area contributed by atoms with E-state index in [4.69, 9.17) is 4.74 Å². The Bertz CT molecular complexity index is 873. The van der Waals surface area contributed by atoms with Crippen LogP contribution in [0.4, 0.5) is 0 Å². The topological polar surface area (TPSA) is 72.3 Å². The van der Waals surface area contributed by atoms with E-state index in [2.05, 4.69) is 9.97 Å². The fraction of sp³-hybridized carbons (Fsp3) is 0.167. The summed E-state index contributed by atoms with van der Waals surface area (Å²) in [5.74, 6) is -0.201. The van der Waals surface area contributed by atoms with Gasteiger partial charge in [-0.2, -0.15) is 0 Å². The van der Waals surface area contributed by atoms with Crippen molar-refractivity contribution in [2.75, 3.05) is 6.61 Å². The van der Waals surface area contributed by atoms with Crippen molar-refractivity contribution in [1.82, 2.24) is 9.97 Å². The highest BCUT2D eigenvalue weighted by Gasteiger charge is 2.18. The lowest BCUT2D eigenvalue weighted by atomic mass is 9.99. The molecule has 23 heavy (non-hydrogen) atoms. The van der Waals surface area contributed by atoms with Crippen LogP contribution in [-0.2, 0) is 0 Å². The predicted molar refractivity (Wildman–Crippen MR) is 87.8 cm³/mol. The Balaban J connectivity index is 2.21. The van der Waals surface area contributed by atoms with E-state index in [-0.39, 0.29) is 5.56 Å². The van der Waals surface area contributed by atoms with E-state index in [1.807, 2.05) is 31.2 Å². The lowest BCUT2D eigenvalue weighted by Gasteiger charge is -2.12. The van der Waals surface area contributed by atoms with Crippen LogP contribution in [0, 0.1) is 6.92 Å². The third kappa shape index (κ3) is 2.73. The van der Waals surface area contributed by atoms with Crippen LogP contribution in [0.25, 0.3) is 22.2 Å². The molecule has 0 amide bonds. The molecule has 0 spiro atoms. The molecule has 0 aliphatic carbocycles. The highest BCUT2D eigenvalue weighted by atomic mass is 16.5. The fourth-order valence-corrected chi connectivity index (χ4v) is 2.63. The summed E-state index contributed by atoms with van der Waals surface area (Å²) in [4.78, 5) is 20.3. The number of carbonyl (C=O) groups is 1. The predicted octanol–water partition coefficient (Wildman–Crippen LogP) is 3.70. The highest BCUT2D eigenvalue weighted by molar-refractivity contribution is 6.05. The number of carboxylic acids is 1. The van der Waals surface area contributed by atoms with E-state index in [1.165, 1.54) is 0 Å². The Hall–Kier alpha value is -2.95. The van der Waals surface area contributed by atoms with Crippen molar-refractivity contribution in [2.45, 2.75) is 13.8 Å². The monoisotopic (exact) mass is 308 g/mol. The molecule has 0 atom stereocenters. The number of benzene rings is 1. The summed E-state index contributed by atoms with van der Waals surface area (Å²) in [6.07, 6.45) is 3.15. The molecule has 116 valence electrons. The normalized spacial score (nSPS) is 10.7. The lowest BCUT2D eigenvalue weighted by Crippen LogP contribution is -2.05. The van der Waals surface area contributed by atoms with E-state index in [9.17, 15) is 9.90 Å². The first-order chi connectivity index (χ1) is 11.1. The molecule has 0 aliphatic heterocycles. The van der Waals surface area contributed by atoms with Crippen LogP contribution >= 0.6 is 0 Å². The summed E-state index contributed by atoms with van der Waals surface area (Å²) in [5, 5.41) is 10.1. The van der Waals surface area contributed by atoms with Crippen molar-refractivity contribution in [3.05, 3.63) is 53.9 Å². The van der Waals surface area contributed by atoms with Crippen LogP contribution in [0.2, 0.25) is 0 Å². The molecular formula is C18H16N2O3. The van der Waals surface area contributed by atoms with Crippen molar-refractivity contribution in [2.24, 2.45) is 0 Å². The second-order valence-corrected chi connectivity index (χ2v) is 5.12. The summed E-state index contributed by atoms with van der Waals surface area (Å²) >= 11 is 0. The first-order valence-corrected chi connectivity index (χ1v) is 7.32. The zero-order valence-electron chi connectivity index (χ0n) is 12.9. The average molecular weight is 308 g/mol. The molecular weight excluding hydrogens is 292 g/mol. The SMILES string of the molecule is CCOc1ccc(-c2nc3ccncc3c(C(=O)O)c2C)cc1. The standard InChI is InChI=1S/C18H16N2O3/c1-3-23-13-6-4-12(5-7-13)17-11(2)16(18(21)22)14-10-19-9-8-15(14)20-17/h4-10H,3H2,1-2H3,(H,21,22). The van der Waals surface area contributed by atoms with Crippen LogP contribution in [0.15, 0.2) is 42.7 Å². The van der Waals surface area contributed by atoms with Gasteiger partial charge < -0.3 is 9.84 Å². The average Bonchev–Trinajstić information content (AvgIpc) is 2.55. The van der Waals surface area contributed by atoms with Gasteiger partial charge in [-0.05, 0) is 49.7 Å². The van der Waals surface area contributed by atoms with Crippen molar-refractivity contribution in [1.29, 1.82) is 0 Å². The number of hydrogen-bond donors (Lipinski definition) is 1. The van der Waals surface area contributed by atoms with Crippen LogP contribution in [0.5, 0.6) is 5.75 Å². The summed E-state index contributed by atoms with van der Waals surface area (Å²) < 4.78 is 5.44. The minimum Gasteiger partial charge on any atom is -0.494 e. The number of nitrogens with zero attached hydrogens (tertiary/aromatic N) is 2. The van der Waals surface area contributed by atoms with Gasteiger partial charge >= 0.3 is 5.97 Å². The molecule has 0 unspecified atom stereocenters. The number of ether oxygens (including phenoxy) is 1. The van der Waals surface area contributed by atoms with E-state index in [0.717, 1.165) is 11.3 Å². The van der Waals surface area contributed by atoms with Gasteiger partial charge in [-0.15, -0.1) is 0 Å². The molecule has 2 heterocycles. The number of aromatic nitrogens is 2. The van der Waals surface area contributed by atoms with Gasteiger partial charge in [-0.1, -0.05) is 0 Å². The van der Waals surface area contributed by atoms with E-state index < -0.39 is 5.97 Å². The van der Waals surface area contributed by atoms with Crippen LogP contribution in [0.3, 0.4) is 0 Å². The van der Waals surface area contributed by atoms with Gasteiger partial charge in [-0.25, -0.2) is 9.78 Å². The number of carboxylic acid groups (broad SMARTS) is 1. The second kappa shape index (κ2) is 6.04. The Morgan fingerprint density at radius 2 is 1.96 bits per heavy atom. The maximum Gasteiger partial charge on any atom is 0.336 e. The second-order valence-electron chi connectivity index (χ2n) is 5.12. The molecule has 5 heteroatoms. The molecule has 0 saturated heterocycles. The maximum atomic E-state index is 11.7. The Kier molecular flexibility index (Phi) is 3.93. The summed E-state index contributed by atoms with van der Waals surface area (Å²) in [5.41, 5.74) is 3.00. The Morgan fingerprint density at radius 3 is 2.61 bits per heavy atom. The minimum absolute atomic E-state index is 0.243. The quantitative estimate of drug-likeness (QED) is 0.795. The molecule has 1 aromatic carbocycles. The van der Waals surface area contributed by atoms with Gasteiger partial charge in [0.1, 0.15) is 5.75 Å². The Morgan fingerprint density at radius 1 is 1.22 bits per heavy atom. The van der Waals surface area contributed by atoms with Crippen LogP contribution in [-0.4, -0.2) is 27.7 Å². The van der Waals surface area contributed by atoms with Crippen LogP contribution in [0.1, 0.15) is 22.8 Å². The molecule has 5 nitrogen and oxygen atoms in total. The van der Waals surface area contributed by atoms with E-state index in [0.29, 0.717) is 28.8 Å². The number of pyridine rings is 2. The first-order valence-electron chi connectivity index (χ1n) is 7.32.